The Labute approximate surface area is 127 Å². The SMILES string of the molecule is CCCCCCCN1CC(CCC)NCC1C(C)CC. The van der Waals surface area contributed by atoms with Crippen molar-refractivity contribution in [3.05, 3.63) is 0 Å². The molecule has 3 unspecified atom stereocenters. The zero-order valence-corrected chi connectivity index (χ0v) is 14.5. The molecule has 3 atom stereocenters. The Morgan fingerprint density at radius 1 is 1.05 bits per heavy atom. The van der Waals surface area contributed by atoms with Gasteiger partial charge in [-0.15, -0.1) is 0 Å². The molecule has 1 aliphatic rings. The maximum Gasteiger partial charge on any atom is 0.0246 e. The molecule has 0 amide bonds. The molecule has 0 radical (unpaired) electrons. The Hall–Kier alpha value is -0.0800. The van der Waals surface area contributed by atoms with Crippen LogP contribution in [0, 0.1) is 5.92 Å². The molecule has 0 aromatic rings. The lowest BCUT2D eigenvalue weighted by Gasteiger charge is -2.43. The second-order valence-electron chi connectivity index (χ2n) is 6.76. The molecule has 2 heteroatoms. The van der Waals surface area contributed by atoms with Gasteiger partial charge in [0.05, 0.1) is 0 Å². The van der Waals surface area contributed by atoms with E-state index in [1.54, 1.807) is 0 Å². The van der Waals surface area contributed by atoms with Gasteiger partial charge in [0.2, 0.25) is 0 Å². The Bertz CT molecular complexity index is 229. The predicted molar refractivity (Wildman–Crippen MR) is 90.3 cm³/mol. The monoisotopic (exact) mass is 282 g/mol. The molecule has 0 aliphatic carbocycles. The van der Waals surface area contributed by atoms with Gasteiger partial charge in [0.1, 0.15) is 0 Å². The van der Waals surface area contributed by atoms with Gasteiger partial charge in [-0.1, -0.05) is 66.2 Å². The Morgan fingerprint density at radius 3 is 2.45 bits per heavy atom. The predicted octanol–water partition coefficient (Wildman–Crippen LogP) is 4.45. The van der Waals surface area contributed by atoms with Crippen LogP contribution in [0.1, 0.15) is 79.1 Å². The molecule has 2 nitrogen and oxygen atoms in total. The van der Waals surface area contributed by atoms with Crippen LogP contribution in [0.25, 0.3) is 0 Å². The highest BCUT2D eigenvalue weighted by Gasteiger charge is 2.29. The van der Waals surface area contributed by atoms with Crippen LogP contribution in [0.4, 0.5) is 0 Å². The van der Waals surface area contributed by atoms with E-state index in [1.165, 1.54) is 71.0 Å². The summed E-state index contributed by atoms with van der Waals surface area (Å²) in [6.07, 6.45) is 10.9. The average molecular weight is 283 g/mol. The first-order valence-corrected chi connectivity index (χ1v) is 9.20. The summed E-state index contributed by atoms with van der Waals surface area (Å²) >= 11 is 0. The van der Waals surface area contributed by atoms with E-state index in [9.17, 15) is 0 Å². The van der Waals surface area contributed by atoms with E-state index < -0.39 is 0 Å². The number of unbranched alkanes of at least 4 members (excludes halogenated alkanes) is 4. The van der Waals surface area contributed by atoms with Crippen LogP contribution in [0.5, 0.6) is 0 Å². The van der Waals surface area contributed by atoms with Gasteiger partial charge in [-0.3, -0.25) is 4.90 Å². The van der Waals surface area contributed by atoms with E-state index in [1.807, 2.05) is 0 Å². The maximum atomic E-state index is 3.78. The van der Waals surface area contributed by atoms with E-state index in [4.69, 9.17) is 0 Å². The minimum Gasteiger partial charge on any atom is -0.311 e. The molecule has 0 saturated carbocycles. The molecular weight excluding hydrogens is 244 g/mol. The third kappa shape index (κ3) is 6.13. The fourth-order valence-electron chi connectivity index (χ4n) is 3.45. The van der Waals surface area contributed by atoms with Crippen LogP contribution in [0.15, 0.2) is 0 Å². The summed E-state index contributed by atoms with van der Waals surface area (Å²) in [5.74, 6) is 0.820. The first kappa shape index (κ1) is 18.0. The third-order valence-electron chi connectivity index (χ3n) is 5.03. The van der Waals surface area contributed by atoms with Crippen LogP contribution in [0.2, 0.25) is 0 Å². The summed E-state index contributed by atoms with van der Waals surface area (Å²) in [4.78, 5) is 2.80. The number of piperazine rings is 1. The van der Waals surface area contributed by atoms with Crippen LogP contribution >= 0.6 is 0 Å². The van der Waals surface area contributed by atoms with Gasteiger partial charge in [-0.25, -0.2) is 0 Å². The van der Waals surface area contributed by atoms with Crippen LogP contribution in [0.3, 0.4) is 0 Å². The molecule has 0 bridgehead atoms. The smallest absolute Gasteiger partial charge is 0.0246 e. The van der Waals surface area contributed by atoms with Crippen molar-refractivity contribution in [3.8, 4) is 0 Å². The van der Waals surface area contributed by atoms with Gasteiger partial charge in [0.25, 0.3) is 0 Å². The molecule has 0 aromatic heterocycles. The molecule has 1 fully saturated rings. The topological polar surface area (TPSA) is 15.3 Å². The molecule has 0 aromatic carbocycles. The minimum absolute atomic E-state index is 0.732. The lowest BCUT2D eigenvalue weighted by molar-refractivity contribution is 0.0869. The number of nitrogens with zero attached hydrogens (tertiary/aromatic N) is 1. The number of hydrogen-bond donors (Lipinski definition) is 1. The number of nitrogens with one attached hydrogen (secondary N) is 1. The average Bonchev–Trinajstić information content (AvgIpc) is 2.47. The third-order valence-corrected chi connectivity index (χ3v) is 5.03. The van der Waals surface area contributed by atoms with Crippen LogP contribution in [-0.4, -0.2) is 36.6 Å². The Balaban J connectivity index is 2.40. The van der Waals surface area contributed by atoms with Crippen LogP contribution in [-0.2, 0) is 0 Å². The van der Waals surface area contributed by atoms with E-state index in [0.717, 1.165) is 18.0 Å². The van der Waals surface area contributed by atoms with E-state index in [2.05, 4.69) is 37.9 Å². The van der Waals surface area contributed by atoms with Crippen molar-refractivity contribution in [2.24, 2.45) is 5.92 Å². The first-order valence-electron chi connectivity index (χ1n) is 9.20. The summed E-state index contributed by atoms with van der Waals surface area (Å²) in [6, 6.07) is 1.50. The van der Waals surface area contributed by atoms with Gasteiger partial charge in [0.15, 0.2) is 0 Å². The summed E-state index contributed by atoms with van der Waals surface area (Å²) in [5, 5.41) is 3.78. The zero-order chi connectivity index (χ0) is 14.8. The number of rotatable bonds is 10. The van der Waals surface area contributed by atoms with Crippen molar-refractivity contribution < 1.29 is 0 Å². The highest BCUT2D eigenvalue weighted by molar-refractivity contribution is 4.88. The molecular formula is C18H38N2. The molecule has 0 spiro atoms. The summed E-state index contributed by atoms with van der Waals surface area (Å²) in [5.41, 5.74) is 0. The van der Waals surface area contributed by atoms with Gasteiger partial charge in [-0.05, 0) is 25.3 Å². The quantitative estimate of drug-likeness (QED) is 0.596. The molecule has 1 N–H and O–H groups in total. The van der Waals surface area contributed by atoms with Gasteiger partial charge in [0, 0.05) is 25.2 Å². The molecule has 1 rings (SSSR count). The van der Waals surface area contributed by atoms with Crippen LogP contribution < -0.4 is 5.32 Å². The van der Waals surface area contributed by atoms with E-state index >= 15 is 0 Å². The molecule has 1 heterocycles. The molecule has 120 valence electrons. The van der Waals surface area contributed by atoms with E-state index in [-0.39, 0.29) is 0 Å². The molecule has 1 aliphatic heterocycles. The normalized spacial score (nSPS) is 25.8. The Kier molecular flexibility index (Phi) is 9.54. The summed E-state index contributed by atoms with van der Waals surface area (Å²) in [7, 11) is 0. The van der Waals surface area contributed by atoms with Crippen molar-refractivity contribution >= 4 is 0 Å². The first-order chi connectivity index (χ1) is 9.72. The lowest BCUT2D eigenvalue weighted by Crippen LogP contribution is -2.58. The molecule has 1 saturated heterocycles. The van der Waals surface area contributed by atoms with Crippen molar-refractivity contribution in [1.29, 1.82) is 0 Å². The lowest BCUT2D eigenvalue weighted by atomic mass is 9.93. The van der Waals surface area contributed by atoms with Gasteiger partial charge in [-0.2, -0.15) is 0 Å². The van der Waals surface area contributed by atoms with E-state index in [0.29, 0.717) is 0 Å². The highest BCUT2D eigenvalue weighted by Crippen LogP contribution is 2.20. The standard InChI is InChI=1S/C18H38N2/c1-5-8-9-10-11-13-20-15-17(12-6-2)19-14-18(20)16(4)7-3/h16-19H,5-15H2,1-4H3. The van der Waals surface area contributed by atoms with Gasteiger partial charge >= 0.3 is 0 Å². The van der Waals surface area contributed by atoms with Crippen molar-refractivity contribution in [3.63, 3.8) is 0 Å². The summed E-state index contributed by atoms with van der Waals surface area (Å²) in [6.45, 7) is 13.2. The maximum absolute atomic E-state index is 3.78. The molecule has 20 heavy (non-hydrogen) atoms. The fourth-order valence-corrected chi connectivity index (χ4v) is 3.45. The van der Waals surface area contributed by atoms with Crippen molar-refractivity contribution in [2.45, 2.75) is 91.1 Å². The second-order valence-corrected chi connectivity index (χ2v) is 6.76. The van der Waals surface area contributed by atoms with Crippen molar-refractivity contribution in [2.75, 3.05) is 19.6 Å². The Morgan fingerprint density at radius 2 is 1.80 bits per heavy atom. The number of hydrogen-bond acceptors (Lipinski definition) is 2. The summed E-state index contributed by atoms with van der Waals surface area (Å²) < 4.78 is 0. The second kappa shape index (κ2) is 10.6. The minimum atomic E-state index is 0.732. The fraction of sp³-hybridized carbons (Fsp3) is 1.00. The largest absolute Gasteiger partial charge is 0.311 e. The van der Waals surface area contributed by atoms with Crippen molar-refractivity contribution in [1.82, 2.24) is 10.2 Å². The van der Waals surface area contributed by atoms with Gasteiger partial charge < -0.3 is 5.32 Å². The zero-order valence-electron chi connectivity index (χ0n) is 14.5. The highest BCUT2D eigenvalue weighted by atomic mass is 15.2.